The van der Waals surface area contributed by atoms with Gasteiger partial charge >= 0.3 is 0 Å². The Kier molecular flexibility index (Phi) is 4.86. The number of aliphatic hydroxyl groups is 1. The molecule has 140 valence electrons. The van der Waals surface area contributed by atoms with E-state index < -0.39 is 5.60 Å². The van der Waals surface area contributed by atoms with Gasteiger partial charge in [0.2, 0.25) is 6.79 Å². The first-order valence-corrected chi connectivity index (χ1v) is 10.3. The predicted octanol–water partition coefficient (Wildman–Crippen LogP) is 2.84. The number of aromatic nitrogens is 2. The molecule has 6 nitrogen and oxygen atoms in total. The maximum Gasteiger partial charge on any atom is 0.231 e. The van der Waals surface area contributed by atoms with E-state index in [1.807, 2.05) is 24.4 Å². The molecular formula is C19H25N3O3S. The molecular weight excluding hydrogens is 350 g/mol. The van der Waals surface area contributed by atoms with Crippen molar-refractivity contribution in [3.05, 3.63) is 35.7 Å². The molecule has 0 bridgehead atoms. The van der Waals surface area contributed by atoms with E-state index >= 15 is 0 Å². The van der Waals surface area contributed by atoms with E-state index in [1.54, 1.807) is 11.8 Å². The second-order valence-electron chi connectivity index (χ2n) is 6.86. The lowest BCUT2D eigenvalue weighted by Gasteiger charge is -2.38. The Bertz CT molecular complexity index is 784. The van der Waals surface area contributed by atoms with Crippen LogP contribution in [0.15, 0.2) is 29.6 Å². The SMILES string of the molecule is CCn1c(CN2CCC(O)(c3ccc4c(c3)OCO4)CC2)cnc1SC. The smallest absolute Gasteiger partial charge is 0.231 e. The number of thioether (sulfide) groups is 1. The maximum atomic E-state index is 11.2. The molecule has 2 aromatic rings. The van der Waals surface area contributed by atoms with Gasteiger partial charge in [0.15, 0.2) is 16.7 Å². The van der Waals surface area contributed by atoms with Gasteiger partial charge in [-0.25, -0.2) is 4.98 Å². The lowest BCUT2D eigenvalue weighted by atomic mass is 9.84. The minimum Gasteiger partial charge on any atom is -0.454 e. The summed E-state index contributed by atoms with van der Waals surface area (Å²) in [6.07, 6.45) is 5.46. The highest BCUT2D eigenvalue weighted by Crippen LogP contribution is 2.39. The lowest BCUT2D eigenvalue weighted by Crippen LogP contribution is -2.42. The number of hydrogen-bond donors (Lipinski definition) is 1. The second-order valence-corrected chi connectivity index (χ2v) is 7.63. The highest BCUT2D eigenvalue weighted by atomic mass is 32.2. The third-order valence-corrected chi connectivity index (χ3v) is 6.07. The summed E-state index contributed by atoms with van der Waals surface area (Å²) < 4.78 is 13.1. The van der Waals surface area contributed by atoms with Crippen molar-refractivity contribution in [2.24, 2.45) is 0 Å². The van der Waals surface area contributed by atoms with Crippen LogP contribution in [0.4, 0.5) is 0 Å². The van der Waals surface area contributed by atoms with E-state index in [-0.39, 0.29) is 6.79 Å². The molecule has 7 heteroatoms. The standard InChI is InChI=1S/C19H25N3O3S/c1-3-22-15(11-20-18(22)26-2)12-21-8-6-19(23,7-9-21)14-4-5-16-17(10-14)25-13-24-16/h4-5,10-11,23H,3,6-9,12-13H2,1-2H3. The van der Waals surface area contributed by atoms with Crippen LogP contribution in [0.3, 0.4) is 0 Å². The minimum absolute atomic E-state index is 0.258. The van der Waals surface area contributed by atoms with Crippen LogP contribution in [0.5, 0.6) is 11.5 Å². The molecule has 4 rings (SSSR count). The maximum absolute atomic E-state index is 11.2. The molecule has 1 aromatic heterocycles. The first kappa shape index (κ1) is 17.7. The summed E-state index contributed by atoms with van der Waals surface area (Å²) >= 11 is 1.68. The number of ether oxygens (including phenoxy) is 2. The first-order chi connectivity index (χ1) is 12.6. The van der Waals surface area contributed by atoms with Crippen LogP contribution in [0.2, 0.25) is 0 Å². The summed E-state index contributed by atoms with van der Waals surface area (Å²) in [5.74, 6) is 1.49. The van der Waals surface area contributed by atoms with Gasteiger partial charge in [-0.1, -0.05) is 17.8 Å². The monoisotopic (exact) mass is 375 g/mol. The van der Waals surface area contributed by atoms with Gasteiger partial charge < -0.3 is 19.1 Å². The zero-order valence-electron chi connectivity index (χ0n) is 15.3. The normalized spacial score (nSPS) is 19.0. The molecule has 3 heterocycles. The summed E-state index contributed by atoms with van der Waals surface area (Å²) in [7, 11) is 0. The lowest BCUT2D eigenvalue weighted by molar-refractivity contribution is -0.0282. The fraction of sp³-hybridized carbons (Fsp3) is 0.526. The van der Waals surface area contributed by atoms with Gasteiger partial charge in [0.1, 0.15) is 0 Å². The van der Waals surface area contributed by atoms with Crippen LogP contribution in [-0.4, -0.2) is 45.7 Å². The van der Waals surface area contributed by atoms with Gasteiger partial charge in [0, 0.05) is 26.2 Å². The van der Waals surface area contributed by atoms with Crippen LogP contribution < -0.4 is 9.47 Å². The fourth-order valence-electron chi connectivity index (χ4n) is 3.80. The second kappa shape index (κ2) is 7.13. The molecule has 0 spiro atoms. The number of piperidine rings is 1. The van der Waals surface area contributed by atoms with Gasteiger partial charge in [-0.3, -0.25) is 4.90 Å². The summed E-state index contributed by atoms with van der Waals surface area (Å²) in [4.78, 5) is 6.90. The Hall–Kier alpha value is -1.70. The number of rotatable bonds is 5. The number of fused-ring (bicyclic) bond motifs is 1. The average Bonchev–Trinajstić information content (AvgIpc) is 3.29. The molecule has 26 heavy (non-hydrogen) atoms. The molecule has 1 aromatic carbocycles. The van der Waals surface area contributed by atoms with Crippen LogP contribution in [0, 0.1) is 0 Å². The zero-order valence-corrected chi connectivity index (χ0v) is 16.1. The summed E-state index contributed by atoms with van der Waals surface area (Å²) in [5.41, 5.74) is 1.36. The fourth-order valence-corrected chi connectivity index (χ4v) is 4.43. The van der Waals surface area contributed by atoms with Crippen molar-refractivity contribution in [3.8, 4) is 11.5 Å². The highest BCUT2D eigenvalue weighted by Gasteiger charge is 2.35. The molecule has 0 unspecified atom stereocenters. The number of hydrogen-bond acceptors (Lipinski definition) is 6. The highest BCUT2D eigenvalue weighted by molar-refractivity contribution is 7.98. The Morgan fingerprint density at radius 2 is 2.00 bits per heavy atom. The molecule has 0 saturated carbocycles. The van der Waals surface area contributed by atoms with Crippen molar-refractivity contribution in [2.75, 3.05) is 26.1 Å². The van der Waals surface area contributed by atoms with E-state index in [4.69, 9.17) is 9.47 Å². The molecule has 0 amide bonds. The van der Waals surface area contributed by atoms with E-state index in [1.165, 1.54) is 5.69 Å². The van der Waals surface area contributed by atoms with Crippen LogP contribution in [-0.2, 0) is 18.7 Å². The average molecular weight is 375 g/mol. The molecule has 0 aliphatic carbocycles. The number of benzene rings is 1. The van der Waals surface area contributed by atoms with Gasteiger partial charge in [-0.2, -0.15) is 0 Å². The van der Waals surface area contributed by atoms with Crippen molar-refractivity contribution in [1.29, 1.82) is 0 Å². The van der Waals surface area contributed by atoms with E-state index in [9.17, 15) is 5.11 Å². The molecule has 1 fully saturated rings. The molecule has 1 N–H and O–H groups in total. The van der Waals surface area contributed by atoms with E-state index in [2.05, 4.69) is 27.6 Å². The third kappa shape index (κ3) is 3.19. The van der Waals surface area contributed by atoms with Crippen LogP contribution >= 0.6 is 11.8 Å². The Morgan fingerprint density at radius 1 is 1.23 bits per heavy atom. The Balaban J connectivity index is 1.43. The van der Waals surface area contributed by atoms with Gasteiger partial charge in [-0.05, 0) is 43.7 Å². The quantitative estimate of drug-likeness (QED) is 0.811. The third-order valence-electron chi connectivity index (χ3n) is 5.38. The van der Waals surface area contributed by atoms with Crippen LogP contribution in [0.1, 0.15) is 31.0 Å². The van der Waals surface area contributed by atoms with Crippen molar-refractivity contribution in [2.45, 2.75) is 43.6 Å². The summed E-state index contributed by atoms with van der Waals surface area (Å²) in [6.45, 7) is 5.93. The number of imidazole rings is 1. The summed E-state index contributed by atoms with van der Waals surface area (Å²) in [6, 6.07) is 5.78. The summed E-state index contributed by atoms with van der Waals surface area (Å²) in [5, 5.41) is 12.2. The first-order valence-electron chi connectivity index (χ1n) is 9.06. The molecule has 0 radical (unpaired) electrons. The van der Waals surface area contributed by atoms with Gasteiger partial charge in [-0.15, -0.1) is 0 Å². The number of likely N-dealkylation sites (tertiary alicyclic amines) is 1. The van der Waals surface area contributed by atoms with Crippen molar-refractivity contribution in [3.63, 3.8) is 0 Å². The predicted molar refractivity (Wildman–Crippen MR) is 101 cm³/mol. The zero-order chi connectivity index (χ0) is 18.1. The molecule has 0 atom stereocenters. The Labute approximate surface area is 158 Å². The van der Waals surface area contributed by atoms with Crippen molar-refractivity contribution < 1.29 is 14.6 Å². The topological polar surface area (TPSA) is 59.8 Å². The largest absolute Gasteiger partial charge is 0.454 e. The van der Waals surface area contributed by atoms with Crippen molar-refractivity contribution in [1.82, 2.24) is 14.5 Å². The van der Waals surface area contributed by atoms with Crippen molar-refractivity contribution >= 4 is 11.8 Å². The van der Waals surface area contributed by atoms with Crippen LogP contribution in [0.25, 0.3) is 0 Å². The van der Waals surface area contributed by atoms with E-state index in [0.29, 0.717) is 12.8 Å². The Morgan fingerprint density at radius 3 is 2.73 bits per heavy atom. The molecule has 1 saturated heterocycles. The molecule has 2 aliphatic heterocycles. The van der Waals surface area contributed by atoms with Gasteiger partial charge in [0.25, 0.3) is 0 Å². The van der Waals surface area contributed by atoms with Gasteiger partial charge in [0.05, 0.1) is 17.5 Å². The number of nitrogens with zero attached hydrogens (tertiary/aromatic N) is 3. The minimum atomic E-state index is -0.799. The van der Waals surface area contributed by atoms with E-state index in [0.717, 1.165) is 48.4 Å². The molecule has 2 aliphatic rings.